The lowest BCUT2D eigenvalue weighted by Crippen LogP contribution is -2.73. The predicted molar refractivity (Wildman–Crippen MR) is 155 cm³/mol. The fraction of sp³-hybridized carbons (Fsp3) is 0.273. The van der Waals surface area contributed by atoms with Crippen LogP contribution in [0.2, 0.25) is 0 Å². The second kappa shape index (κ2) is 9.46. The van der Waals surface area contributed by atoms with Crippen molar-refractivity contribution in [1.82, 2.24) is 9.58 Å². The number of halogens is 2. The van der Waals surface area contributed by atoms with E-state index in [-0.39, 0.29) is 47.3 Å². The van der Waals surface area contributed by atoms with Crippen LogP contribution < -0.4 is 15.2 Å². The fourth-order valence-corrected chi connectivity index (χ4v) is 8.13. The van der Waals surface area contributed by atoms with Gasteiger partial charge in [0.1, 0.15) is 13.3 Å². The number of hydrogen-bond acceptors (Lipinski definition) is 5. The molecule has 2 bridgehead atoms. The van der Waals surface area contributed by atoms with Crippen molar-refractivity contribution in [2.75, 3.05) is 11.7 Å². The van der Waals surface area contributed by atoms with E-state index < -0.39 is 17.7 Å². The molecule has 212 valence electrons. The minimum Gasteiger partial charge on any atom is -0.482 e. The topological polar surface area (TPSA) is 54.8 Å². The summed E-state index contributed by atoms with van der Waals surface area (Å²) in [7, 11) is 0. The summed E-state index contributed by atoms with van der Waals surface area (Å²) < 4.78 is 37.7. The highest BCUT2D eigenvalue weighted by molar-refractivity contribution is 7.98. The Hall–Kier alpha value is -4.11. The molecule has 1 aromatic heterocycles. The van der Waals surface area contributed by atoms with Gasteiger partial charge in [-0.25, -0.2) is 8.78 Å². The molecule has 1 amide bonds. The number of aromatic nitrogens is 1. The number of pyridine rings is 1. The second-order valence-electron chi connectivity index (χ2n) is 11.7. The van der Waals surface area contributed by atoms with Crippen molar-refractivity contribution in [2.24, 2.45) is 5.92 Å². The maximum Gasteiger partial charge on any atom is 0.278 e. The van der Waals surface area contributed by atoms with Crippen molar-refractivity contribution in [3.8, 4) is 5.75 Å². The monoisotopic (exact) mass is 583 g/mol. The zero-order chi connectivity index (χ0) is 28.6. The molecule has 0 N–H and O–H groups in total. The summed E-state index contributed by atoms with van der Waals surface area (Å²) >= 11 is 1.47. The molecule has 3 fully saturated rings. The van der Waals surface area contributed by atoms with Crippen LogP contribution in [0.1, 0.15) is 58.0 Å². The Labute approximate surface area is 245 Å². The van der Waals surface area contributed by atoms with Gasteiger partial charge in [-0.15, -0.1) is 11.8 Å². The van der Waals surface area contributed by atoms with E-state index in [2.05, 4.69) is 0 Å². The lowest BCUT2D eigenvalue weighted by atomic mass is 9.49. The highest BCUT2D eigenvalue weighted by Gasteiger charge is 2.63. The van der Waals surface area contributed by atoms with Crippen molar-refractivity contribution in [3.05, 3.63) is 129 Å². The van der Waals surface area contributed by atoms with E-state index >= 15 is 4.39 Å². The van der Waals surface area contributed by atoms with Gasteiger partial charge in [0.15, 0.2) is 23.1 Å². The first kappa shape index (κ1) is 25.6. The number of amides is 1. The average Bonchev–Trinajstić information content (AvgIpc) is 3.12. The van der Waals surface area contributed by atoms with Gasteiger partial charge in [0.05, 0.1) is 6.04 Å². The summed E-state index contributed by atoms with van der Waals surface area (Å²) in [5.41, 5.74) is 2.26. The lowest BCUT2D eigenvalue weighted by Gasteiger charge is -2.67. The van der Waals surface area contributed by atoms with E-state index in [1.54, 1.807) is 16.9 Å². The van der Waals surface area contributed by atoms with Gasteiger partial charge >= 0.3 is 0 Å². The quantitative estimate of drug-likeness (QED) is 0.288. The first-order chi connectivity index (χ1) is 20.4. The van der Waals surface area contributed by atoms with E-state index in [9.17, 15) is 14.0 Å². The van der Waals surface area contributed by atoms with E-state index in [0.717, 1.165) is 35.3 Å². The van der Waals surface area contributed by atoms with Crippen LogP contribution in [0.5, 0.6) is 5.75 Å². The highest BCUT2D eigenvalue weighted by atomic mass is 32.2. The van der Waals surface area contributed by atoms with Gasteiger partial charge in [-0.2, -0.15) is 0 Å². The highest BCUT2D eigenvalue weighted by Crippen LogP contribution is 2.61. The summed E-state index contributed by atoms with van der Waals surface area (Å²) in [6, 6.07) is 21.0. The van der Waals surface area contributed by atoms with Gasteiger partial charge in [0.25, 0.3) is 5.91 Å². The molecule has 3 aliphatic carbocycles. The normalized spacial score (nSPS) is 23.6. The van der Waals surface area contributed by atoms with Crippen LogP contribution in [0.4, 0.5) is 8.78 Å². The first-order valence-corrected chi connectivity index (χ1v) is 15.1. The number of nitrogens with zero attached hydrogens (tertiary/aromatic N) is 3. The Morgan fingerprint density at radius 3 is 2.43 bits per heavy atom. The van der Waals surface area contributed by atoms with Crippen molar-refractivity contribution in [3.63, 3.8) is 0 Å². The van der Waals surface area contributed by atoms with Crippen LogP contribution in [-0.4, -0.2) is 27.7 Å². The van der Waals surface area contributed by atoms with E-state index in [1.807, 2.05) is 64.5 Å². The molecule has 9 heteroatoms. The van der Waals surface area contributed by atoms with Crippen LogP contribution >= 0.6 is 11.8 Å². The Balaban J connectivity index is 1.32. The number of carbonyl (C=O) groups is 1. The zero-order valence-electron chi connectivity index (χ0n) is 22.6. The standard InChI is InChI=1S/C33H27F2N3O3S/c34-25-11-10-22-24(28(25)35)18-42-27-9-5-4-8-23(27)29(22)38-19-36(33-14-21(15-33)16-33)32(40)30-31(26(39)12-13-37(30)38)41-17-20-6-2-1-3-7-20/h1-13,21,29H,14-19H2/t21?,29-,33?/m0/s1. The molecule has 0 saturated heterocycles. The molecule has 2 aliphatic heterocycles. The van der Waals surface area contributed by atoms with Gasteiger partial charge in [0.2, 0.25) is 5.43 Å². The Bertz CT molecular complexity index is 1790. The molecule has 42 heavy (non-hydrogen) atoms. The van der Waals surface area contributed by atoms with Crippen molar-refractivity contribution in [2.45, 2.75) is 48.1 Å². The minimum atomic E-state index is -0.885. The third-order valence-corrected chi connectivity index (χ3v) is 10.4. The smallest absolute Gasteiger partial charge is 0.278 e. The van der Waals surface area contributed by atoms with E-state index in [1.165, 1.54) is 23.9 Å². The van der Waals surface area contributed by atoms with Gasteiger partial charge in [-0.05, 0) is 54.0 Å². The number of fused-ring (bicyclic) bond motifs is 3. The summed E-state index contributed by atoms with van der Waals surface area (Å²) in [6.45, 7) is 0.367. The maximum absolute atomic E-state index is 15.4. The average molecular weight is 584 g/mol. The Morgan fingerprint density at radius 2 is 1.67 bits per heavy atom. The third-order valence-electron chi connectivity index (χ3n) is 9.26. The predicted octanol–water partition coefficient (Wildman–Crippen LogP) is 6.00. The molecular formula is C33H27F2N3O3S. The molecule has 4 aromatic rings. The number of hydrogen-bond donors (Lipinski definition) is 0. The number of rotatable bonds is 5. The number of thioether (sulfide) groups is 1. The molecule has 0 unspecified atom stereocenters. The van der Waals surface area contributed by atoms with Gasteiger partial charge in [0, 0.05) is 34.0 Å². The molecule has 0 radical (unpaired) electrons. The maximum atomic E-state index is 15.4. The summed E-state index contributed by atoms with van der Waals surface area (Å²) in [4.78, 5) is 30.4. The zero-order valence-corrected chi connectivity index (χ0v) is 23.4. The summed E-state index contributed by atoms with van der Waals surface area (Å²) in [6.07, 6.45) is 4.39. The molecule has 3 aromatic carbocycles. The first-order valence-electron chi connectivity index (χ1n) is 14.1. The molecule has 5 aliphatic rings. The third kappa shape index (κ3) is 3.75. The molecule has 9 rings (SSSR count). The molecular weight excluding hydrogens is 556 g/mol. The second-order valence-corrected chi connectivity index (χ2v) is 12.7. The van der Waals surface area contributed by atoms with E-state index in [4.69, 9.17) is 4.74 Å². The van der Waals surface area contributed by atoms with Crippen LogP contribution in [0.25, 0.3) is 0 Å². The van der Waals surface area contributed by atoms with Crippen LogP contribution in [0, 0.1) is 17.6 Å². The number of benzene rings is 3. The summed E-state index contributed by atoms with van der Waals surface area (Å²) in [5.74, 6) is -1.09. The molecule has 3 heterocycles. The fourth-order valence-electron chi connectivity index (χ4n) is 7.01. The largest absolute Gasteiger partial charge is 0.482 e. The number of carbonyl (C=O) groups excluding carboxylic acids is 1. The van der Waals surface area contributed by atoms with Crippen LogP contribution in [0.3, 0.4) is 0 Å². The van der Waals surface area contributed by atoms with Gasteiger partial charge in [-0.1, -0.05) is 54.6 Å². The lowest BCUT2D eigenvalue weighted by molar-refractivity contribution is -0.128. The van der Waals surface area contributed by atoms with Crippen molar-refractivity contribution >= 4 is 17.7 Å². The van der Waals surface area contributed by atoms with Gasteiger partial charge in [-0.3, -0.25) is 19.3 Å². The molecule has 3 saturated carbocycles. The molecule has 0 spiro atoms. The van der Waals surface area contributed by atoms with Crippen molar-refractivity contribution < 1.29 is 18.3 Å². The van der Waals surface area contributed by atoms with Crippen LogP contribution in [0.15, 0.2) is 88.7 Å². The Kier molecular flexibility index (Phi) is 5.76. The van der Waals surface area contributed by atoms with E-state index in [0.29, 0.717) is 17.0 Å². The van der Waals surface area contributed by atoms with Crippen molar-refractivity contribution in [1.29, 1.82) is 0 Å². The number of ether oxygens (including phenoxy) is 1. The molecule has 1 atom stereocenters. The Morgan fingerprint density at radius 1 is 0.905 bits per heavy atom. The SMILES string of the molecule is O=C1c2c(OCc3ccccc3)c(=O)ccn2N([C@@H]2c3ccccc3SCc3c2ccc(F)c3F)CN1C12CC(C1)C2. The summed E-state index contributed by atoms with van der Waals surface area (Å²) in [5, 5.41) is 2.01. The minimum absolute atomic E-state index is 0.00515. The molecule has 6 nitrogen and oxygen atoms in total. The van der Waals surface area contributed by atoms with Crippen LogP contribution in [-0.2, 0) is 12.4 Å². The van der Waals surface area contributed by atoms with Gasteiger partial charge < -0.3 is 9.64 Å².